The first-order valence-electron chi connectivity index (χ1n) is 5.99. The van der Waals surface area contributed by atoms with Gasteiger partial charge in [0.05, 0.1) is 11.6 Å². The molecule has 1 heterocycles. The van der Waals surface area contributed by atoms with Crippen molar-refractivity contribution in [3.05, 3.63) is 65.2 Å². The van der Waals surface area contributed by atoms with E-state index in [2.05, 4.69) is 4.98 Å². The molecular formula is C15H12FNO. The lowest BCUT2D eigenvalue weighted by molar-refractivity contribution is 0.0958. The Kier molecular flexibility index (Phi) is 2.67. The van der Waals surface area contributed by atoms with Crippen molar-refractivity contribution in [2.45, 2.75) is 18.8 Å². The second-order valence-corrected chi connectivity index (χ2v) is 4.51. The number of rotatable bonds is 2. The van der Waals surface area contributed by atoms with Gasteiger partial charge in [-0.25, -0.2) is 4.39 Å². The Morgan fingerprint density at radius 2 is 2.00 bits per heavy atom. The lowest BCUT2D eigenvalue weighted by atomic mass is 9.95. The van der Waals surface area contributed by atoms with Crippen LogP contribution in [0.15, 0.2) is 42.6 Å². The van der Waals surface area contributed by atoms with Crippen molar-refractivity contribution in [3.8, 4) is 0 Å². The summed E-state index contributed by atoms with van der Waals surface area (Å²) in [4.78, 5) is 16.7. The van der Waals surface area contributed by atoms with Gasteiger partial charge in [0.15, 0.2) is 5.78 Å². The quantitative estimate of drug-likeness (QED) is 0.756. The van der Waals surface area contributed by atoms with Crippen molar-refractivity contribution in [1.29, 1.82) is 0 Å². The number of nitrogens with zero attached hydrogens (tertiary/aromatic N) is 1. The Hall–Kier alpha value is -2.03. The molecule has 1 aliphatic carbocycles. The van der Waals surface area contributed by atoms with Gasteiger partial charge in [0.25, 0.3) is 0 Å². The van der Waals surface area contributed by atoms with Gasteiger partial charge in [-0.2, -0.15) is 0 Å². The maximum absolute atomic E-state index is 12.8. The molecule has 0 saturated carbocycles. The minimum absolute atomic E-state index is 0.0347. The van der Waals surface area contributed by atoms with Gasteiger partial charge in [-0.15, -0.1) is 0 Å². The van der Waals surface area contributed by atoms with Crippen LogP contribution < -0.4 is 0 Å². The number of ketones is 1. The highest BCUT2D eigenvalue weighted by atomic mass is 19.1. The molecule has 2 aromatic rings. The third-order valence-corrected chi connectivity index (χ3v) is 3.40. The van der Waals surface area contributed by atoms with E-state index in [1.165, 1.54) is 12.1 Å². The lowest BCUT2D eigenvalue weighted by Crippen LogP contribution is -2.11. The molecule has 0 saturated heterocycles. The van der Waals surface area contributed by atoms with Crippen LogP contribution in [-0.2, 0) is 6.42 Å². The second kappa shape index (κ2) is 4.33. The molecule has 3 rings (SSSR count). The number of hydrogen-bond donors (Lipinski definition) is 0. The van der Waals surface area contributed by atoms with E-state index in [1.807, 2.05) is 12.1 Å². The number of carbonyl (C=O) groups is 1. The molecular weight excluding hydrogens is 229 g/mol. The summed E-state index contributed by atoms with van der Waals surface area (Å²) in [6.45, 7) is 0. The second-order valence-electron chi connectivity index (χ2n) is 4.51. The van der Waals surface area contributed by atoms with Crippen molar-refractivity contribution in [2.24, 2.45) is 0 Å². The van der Waals surface area contributed by atoms with E-state index in [-0.39, 0.29) is 17.5 Å². The average molecular weight is 241 g/mol. The molecule has 1 unspecified atom stereocenters. The van der Waals surface area contributed by atoms with Gasteiger partial charge in [-0.05, 0) is 48.7 Å². The van der Waals surface area contributed by atoms with E-state index in [0.717, 1.165) is 24.1 Å². The molecule has 1 aromatic heterocycles. The van der Waals surface area contributed by atoms with Gasteiger partial charge < -0.3 is 0 Å². The number of Topliss-reactive ketones (excluding diaryl/α,β-unsaturated/α-hetero) is 1. The fourth-order valence-corrected chi connectivity index (χ4v) is 2.48. The third-order valence-electron chi connectivity index (χ3n) is 3.40. The van der Waals surface area contributed by atoms with Crippen LogP contribution in [0.2, 0.25) is 0 Å². The summed E-state index contributed by atoms with van der Waals surface area (Å²) in [6.07, 6.45) is 3.40. The smallest absolute Gasteiger partial charge is 0.171 e. The zero-order chi connectivity index (χ0) is 12.5. The number of aryl methyl sites for hydroxylation is 1. The first-order chi connectivity index (χ1) is 8.75. The Bertz CT molecular complexity index is 592. The van der Waals surface area contributed by atoms with Crippen molar-refractivity contribution in [1.82, 2.24) is 4.98 Å². The van der Waals surface area contributed by atoms with Crippen molar-refractivity contribution >= 4 is 5.78 Å². The van der Waals surface area contributed by atoms with Crippen LogP contribution >= 0.6 is 0 Å². The molecule has 2 nitrogen and oxygen atoms in total. The number of halogens is 1. The van der Waals surface area contributed by atoms with Crippen LogP contribution in [-0.4, -0.2) is 10.8 Å². The standard InChI is InChI=1S/C15H12FNO/c16-12-6-3-11(4-7-12)15(18)13-8-5-10-2-1-9-17-14(10)13/h1-4,6-7,9,13H,5,8H2. The molecule has 1 atom stereocenters. The van der Waals surface area contributed by atoms with Gasteiger partial charge in [0.2, 0.25) is 0 Å². The fraction of sp³-hybridized carbons (Fsp3) is 0.200. The first kappa shape index (κ1) is 11.1. The molecule has 0 bridgehead atoms. The molecule has 1 aromatic carbocycles. The van der Waals surface area contributed by atoms with Gasteiger partial charge >= 0.3 is 0 Å². The molecule has 3 heteroatoms. The van der Waals surface area contributed by atoms with Crippen LogP contribution in [0.25, 0.3) is 0 Å². The molecule has 0 amide bonds. The van der Waals surface area contributed by atoms with E-state index in [9.17, 15) is 9.18 Å². The first-order valence-corrected chi connectivity index (χ1v) is 5.99. The number of benzene rings is 1. The van der Waals surface area contributed by atoms with E-state index >= 15 is 0 Å². The number of hydrogen-bond acceptors (Lipinski definition) is 2. The molecule has 0 N–H and O–H groups in total. The van der Waals surface area contributed by atoms with Crippen LogP contribution in [0.1, 0.15) is 34.0 Å². The predicted molar refractivity (Wildman–Crippen MR) is 66.0 cm³/mol. The zero-order valence-electron chi connectivity index (χ0n) is 9.77. The molecule has 90 valence electrons. The minimum Gasteiger partial charge on any atom is -0.293 e. The molecule has 1 aliphatic rings. The highest BCUT2D eigenvalue weighted by Crippen LogP contribution is 2.33. The van der Waals surface area contributed by atoms with E-state index < -0.39 is 0 Å². The van der Waals surface area contributed by atoms with E-state index in [0.29, 0.717) is 5.56 Å². The van der Waals surface area contributed by atoms with Gasteiger partial charge in [-0.3, -0.25) is 9.78 Å². The Labute approximate surface area is 104 Å². The van der Waals surface area contributed by atoms with Crippen LogP contribution in [0, 0.1) is 5.82 Å². The maximum Gasteiger partial charge on any atom is 0.171 e. The Morgan fingerprint density at radius 3 is 2.78 bits per heavy atom. The number of pyridine rings is 1. The Balaban J connectivity index is 1.93. The summed E-state index contributed by atoms with van der Waals surface area (Å²) >= 11 is 0. The maximum atomic E-state index is 12.8. The van der Waals surface area contributed by atoms with E-state index in [1.54, 1.807) is 18.3 Å². The summed E-state index contributed by atoms with van der Waals surface area (Å²) in [5.41, 5.74) is 2.59. The molecule has 0 spiro atoms. The monoisotopic (exact) mass is 241 g/mol. The average Bonchev–Trinajstić information content (AvgIpc) is 2.82. The fourth-order valence-electron chi connectivity index (χ4n) is 2.48. The predicted octanol–water partition coefficient (Wildman–Crippen LogP) is 3.13. The van der Waals surface area contributed by atoms with Crippen LogP contribution in [0.4, 0.5) is 4.39 Å². The van der Waals surface area contributed by atoms with Crippen molar-refractivity contribution < 1.29 is 9.18 Å². The summed E-state index contributed by atoms with van der Waals surface area (Å²) in [7, 11) is 0. The zero-order valence-corrected chi connectivity index (χ0v) is 9.77. The van der Waals surface area contributed by atoms with Gasteiger partial charge in [0.1, 0.15) is 5.82 Å². The minimum atomic E-state index is -0.323. The number of aromatic nitrogens is 1. The third kappa shape index (κ3) is 1.82. The largest absolute Gasteiger partial charge is 0.293 e. The molecule has 0 radical (unpaired) electrons. The highest BCUT2D eigenvalue weighted by Gasteiger charge is 2.30. The lowest BCUT2D eigenvalue weighted by Gasteiger charge is -2.09. The summed E-state index contributed by atoms with van der Waals surface area (Å²) in [6, 6.07) is 9.63. The molecule has 18 heavy (non-hydrogen) atoms. The van der Waals surface area contributed by atoms with Crippen molar-refractivity contribution in [3.63, 3.8) is 0 Å². The highest BCUT2D eigenvalue weighted by molar-refractivity contribution is 6.01. The van der Waals surface area contributed by atoms with Crippen molar-refractivity contribution in [2.75, 3.05) is 0 Å². The topological polar surface area (TPSA) is 30.0 Å². The number of carbonyl (C=O) groups excluding carboxylic acids is 1. The molecule has 0 fully saturated rings. The normalized spacial score (nSPS) is 17.5. The van der Waals surface area contributed by atoms with Crippen LogP contribution in [0.5, 0.6) is 0 Å². The summed E-state index contributed by atoms with van der Waals surface area (Å²) in [5.74, 6) is -0.462. The van der Waals surface area contributed by atoms with Gasteiger partial charge in [0, 0.05) is 11.8 Å². The van der Waals surface area contributed by atoms with Crippen LogP contribution in [0.3, 0.4) is 0 Å². The summed E-state index contributed by atoms with van der Waals surface area (Å²) in [5, 5.41) is 0. The van der Waals surface area contributed by atoms with Gasteiger partial charge in [-0.1, -0.05) is 6.07 Å². The number of fused-ring (bicyclic) bond motifs is 1. The SMILES string of the molecule is O=C(c1ccc(F)cc1)C1CCc2cccnc21. The summed E-state index contributed by atoms with van der Waals surface area (Å²) < 4.78 is 12.8. The molecule has 0 aliphatic heterocycles. The van der Waals surface area contributed by atoms with E-state index in [4.69, 9.17) is 0 Å². The Morgan fingerprint density at radius 1 is 1.22 bits per heavy atom.